The minimum atomic E-state index is -0.942. The van der Waals surface area contributed by atoms with Gasteiger partial charge in [0.05, 0.1) is 18.3 Å². The number of carbonyl (C=O) groups excluding carboxylic acids is 2. The van der Waals surface area contributed by atoms with Crippen LogP contribution in [0.25, 0.3) is 0 Å². The molecule has 2 saturated heterocycles. The smallest absolute Gasteiger partial charge is 0.335 e. The summed E-state index contributed by atoms with van der Waals surface area (Å²) in [6.07, 6.45) is 11.6. The maximum Gasteiger partial charge on any atom is 0.335 e. The number of halogens is 1. The van der Waals surface area contributed by atoms with E-state index in [1.54, 1.807) is 24.3 Å². The van der Waals surface area contributed by atoms with Gasteiger partial charge < -0.3 is 30.1 Å². The van der Waals surface area contributed by atoms with E-state index in [0.29, 0.717) is 31.7 Å². The maximum atomic E-state index is 13.7. The Hall–Kier alpha value is -2.36. The third-order valence-electron chi connectivity index (χ3n) is 9.39. The lowest BCUT2D eigenvalue weighted by molar-refractivity contribution is -0.165. The molecule has 236 valence electrons. The number of ether oxygens (including phenoxy) is 1. The van der Waals surface area contributed by atoms with E-state index in [1.165, 1.54) is 6.42 Å². The number of piperazine rings is 1. The molecule has 3 N–H and O–H groups in total. The second kappa shape index (κ2) is 16.5. The maximum absolute atomic E-state index is 13.7. The van der Waals surface area contributed by atoms with Crippen molar-refractivity contribution in [1.82, 2.24) is 15.1 Å². The molecule has 2 heterocycles. The fourth-order valence-corrected chi connectivity index (χ4v) is 6.78. The molecule has 9 nitrogen and oxygen atoms in total. The van der Waals surface area contributed by atoms with Crippen molar-refractivity contribution in [3.05, 3.63) is 29.8 Å². The monoisotopic (exact) mass is 607 g/mol. The number of likely N-dealkylation sites (tertiary alicyclic amines) is 1. The average molecular weight is 608 g/mol. The summed E-state index contributed by atoms with van der Waals surface area (Å²) in [6.45, 7) is 5.82. The summed E-state index contributed by atoms with van der Waals surface area (Å²) in [7, 11) is 0. The van der Waals surface area contributed by atoms with Gasteiger partial charge >= 0.3 is 5.97 Å². The number of aliphatic hydroxyl groups is 1. The second-order valence-corrected chi connectivity index (χ2v) is 12.1. The Morgan fingerprint density at radius 3 is 2.31 bits per heavy atom. The van der Waals surface area contributed by atoms with Gasteiger partial charge in [0.2, 0.25) is 11.8 Å². The number of carboxylic acids is 1. The molecule has 1 aromatic carbocycles. The zero-order valence-electron chi connectivity index (χ0n) is 25.1. The molecule has 1 saturated carbocycles. The van der Waals surface area contributed by atoms with Crippen LogP contribution in [0, 0.1) is 5.92 Å². The van der Waals surface area contributed by atoms with Crippen molar-refractivity contribution in [3.63, 3.8) is 0 Å². The molecular formula is C32H50ClN3O6. The highest BCUT2D eigenvalue weighted by Gasteiger charge is 2.55. The van der Waals surface area contributed by atoms with Gasteiger partial charge in [0, 0.05) is 19.6 Å². The summed E-state index contributed by atoms with van der Waals surface area (Å²) in [4.78, 5) is 42.6. The van der Waals surface area contributed by atoms with Crippen molar-refractivity contribution in [3.8, 4) is 5.75 Å². The van der Waals surface area contributed by atoms with Crippen molar-refractivity contribution in [2.75, 3.05) is 32.8 Å². The summed E-state index contributed by atoms with van der Waals surface area (Å²) in [5.41, 5.74) is -0.547. The molecule has 0 aromatic heterocycles. The second-order valence-electron chi connectivity index (χ2n) is 12.1. The molecule has 1 spiro atoms. The zero-order chi connectivity index (χ0) is 29.2. The van der Waals surface area contributed by atoms with Crippen LogP contribution in [0.15, 0.2) is 24.3 Å². The number of aliphatic hydroxyl groups excluding tert-OH is 1. The van der Waals surface area contributed by atoms with Gasteiger partial charge in [-0.1, -0.05) is 45.4 Å². The fraction of sp³-hybridized carbons (Fsp3) is 0.719. The number of aromatic carboxylic acids is 1. The minimum Gasteiger partial charge on any atom is -0.494 e. The number of carboxylic acid groups (broad SMARTS) is 1. The number of amides is 2. The standard InChI is InChI=1S/C32H49N3O6.ClH/c1-2-3-20-35-29(37)27(28(36)24-11-7-6-8-12-24)33-31(40)32(35)17-21-34(22-18-32)19-9-4-5-10-23-41-26-15-13-25(14-16-26)30(38)39;/h13-16,24,27-28,36H,2-12,17-23H2,1H3,(H,33,40)(H,38,39);1H/t27-,28-;/m1./s1. The van der Waals surface area contributed by atoms with E-state index in [-0.39, 0.29) is 35.7 Å². The van der Waals surface area contributed by atoms with E-state index in [2.05, 4.69) is 17.1 Å². The predicted octanol–water partition coefficient (Wildman–Crippen LogP) is 4.65. The lowest BCUT2D eigenvalue weighted by Crippen LogP contribution is -2.75. The van der Waals surface area contributed by atoms with E-state index in [1.807, 2.05) is 4.90 Å². The molecule has 2 aliphatic heterocycles. The highest BCUT2D eigenvalue weighted by atomic mass is 35.5. The summed E-state index contributed by atoms with van der Waals surface area (Å²) in [5, 5.41) is 23.1. The fourth-order valence-electron chi connectivity index (χ4n) is 6.78. The number of hydrogen-bond acceptors (Lipinski definition) is 6. The lowest BCUT2D eigenvalue weighted by atomic mass is 9.78. The number of rotatable bonds is 14. The Labute approximate surface area is 256 Å². The normalized spacial score (nSPS) is 22.0. The molecule has 10 heteroatoms. The third-order valence-corrected chi connectivity index (χ3v) is 9.39. The number of piperidine rings is 1. The molecule has 42 heavy (non-hydrogen) atoms. The zero-order valence-corrected chi connectivity index (χ0v) is 25.9. The van der Waals surface area contributed by atoms with E-state index in [0.717, 1.165) is 83.8 Å². The van der Waals surface area contributed by atoms with Crippen molar-refractivity contribution in [1.29, 1.82) is 0 Å². The molecule has 0 bridgehead atoms. The SMILES string of the molecule is CCCCN1C(=O)[C@@H]([C@H](O)C2CCCCC2)NC(=O)C12CCN(CCCCCCOc1ccc(C(=O)O)cc1)CC2.Cl. The largest absolute Gasteiger partial charge is 0.494 e. The highest BCUT2D eigenvalue weighted by Crippen LogP contribution is 2.36. The lowest BCUT2D eigenvalue weighted by Gasteiger charge is -2.52. The van der Waals surface area contributed by atoms with Gasteiger partial charge in [-0.15, -0.1) is 12.4 Å². The van der Waals surface area contributed by atoms with Crippen LogP contribution in [0.5, 0.6) is 5.75 Å². The summed E-state index contributed by atoms with van der Waals surface area (Å²) in [5.74, 6) is -0.345. The van der Waals surface area contributed by atoms with Crippen molar-refractivity contribution in [2.45, 2.75) is 108 Å². The number of hydrogen-bond donors (Lipinski definition) is 3. The molecule has 2 atom stereocenters. The first-order valence-electron chi connectivity index (χ1n) is 15.8. The number of benzene rings is 1. The molecule has 0 unspecified atom stereocenters. The van der Waals surface area contributed by atoms with Crippen LogP contribution < -0.4 is 10.1 Å². The topological polar surface area (TPSA) is 119 Å². The molecule has 4 rings (SSSR count). The first kappa shape index (κ1) is 34.1. The molecule has 3 fully saturated rings. The van der Waals surface area contributed by atoms with Gasteiger partial charge in [-0.3, -0.25) is 9.59 Å². The van der Waals surface area contributed by atoms with Gasteiger partial charge in [0.15, 0.2) is 0 Å². The van der Waals surface area contributed by atoms with Gasteiger partial charge in [0.25, 0.3) is 0 Å². The molecule has 0 radical (unpaired) electrons. The number of carbonyl (C=O) groups is 3. The Morgan fingerprint density at radius 1 is 1.00 bits per heavy atom. The summed E-state index contributed by atoms with van der Waals surface area (Å²) >= 11 is 0. The van der Waals surface area contributed by atoms with Gasteiger partial charge in [0.1, 0.15) is 17.3 Å². The van der Waals surface area contributed by atoms with Crippen LogP contribution in [-0.4, -0.2) is 88.3 Å². The van der Waals surface area contributed by atoms with Crippen molar-refractivity contribution < 1.29 is 29.3 Å². The number of unbranched alkanes of at least 4 members (excludes halogenated alkanes) is 4. The Kier molecular flexibility index (Phi) is 13.4. The van der Waals surface area contributed by atoms with Crippen molar-refractivity contribution >= 4 is 30.2 Å². The predicted molar refractivity (Wildman–Crippen MR) is 164 cm³/mol. The number of nitrogens with one attached hydrogen (secondary N) is 1. The highest BCUT2D eigenvalue weighted by molar-refractivity contribution is 6.00. The Bertz CT molecular complexity index is 1010. The summed E-state index contributed by atoms with van der Waals surface area (Å²) in [6, 6.07) is 5.66. The van der Waals surface area contributed by atoms with Crippen LogP contribution in [0.3, 0.4) is 0 Å². The molecular weight excluding hydrogens is 558 g/mol. The van der Waals surface area contributed by atoms with Crippen LogP contribution in [0.1, 0.15) is 101 Å². The van der Waals surface area contributed by atoms with E-state index < -0.39 is 23.7 Å². The first-order valence-corrected chi connectivity index (χ1v) is 15.8. The quantitative estimate of drug-likeness (QED) is 0.263. The minimum absolute atomic E-state index is 0. The number of nitrogens with zero attached hydrogens (tertiary/aromatic N) is 2. The molecule has 1 aliphatic carbocycles. The van der Waals surface area contributed by atoms with Gasteiger partial charge in [-0.25, -0.2) is 4.79 Å². The third kappa shape index (κ3) is 8.38. The molecule has 3 aliphatic rings. The van der Waals surface area contributed by atoms with Gasteiger partial charge in [-0.2, -0.15) is 0 Å². The Balaban J connectivity index is 0.00000484. The molecule has 1 aromatic rings. The molecule has 2 amide bonds. The van der Waals surface area contributed by atoms with Gasteiger partial charge in [-0.05, 0) is 81.7 Å². The van der Waals surface area contributed by atoms with Crippen LogP contribution >= 0.6 is 12.4 Å². The average Bonchev–Trinajstić information content (AvgIpc) is 2.99. The van der Waals surface area contributed by atoms with Crippen molar-refractivity contribution in [2.24, 2.45) is 5.92 Å². The van der Waals surface area contributed by atoms with E-state index in [9.17, 15) is 19.5 Å². The first-order chi connectivity index (χ1) is 19.9. The van der Waals surface area contributed by atoms with E-state index in [4.69, 9.17) is 9.84 Å². The van der Waals surface area contributed by atoms with Crippen LogP contribution in [0.4, 0.5) is 0 Å². The van der Waals surface area contributed by atoms with E-state index >= 15 is 0 Å². The van der Waals surface area contributed by atoms with Crippen LogP contribution in [-0.2, 0) is 9.59 Å². The summed E-state index contributed by atoms with van der Waals surface area (Å²) < 4.78 is 5.73. The Morgan fingerprint density at radius 2 is 1.67 bits per heavy atom. The van der Waals surface area contributed by atoms with Crippen LogP contribution in [0.2, 0.25) is 0 Å².